The zero-order valence-electron chi connectivity index (χ0n) is 21.6. The predicted molar refractivity (Wildman–Crippen MR) is 131 cm³/mol. The number of nitriles is 1. The van der Waals surface area contributed by atoms with E-state index in [-0.39, 0.29) is 16.7 Å². The molecule has 0 spiro atoms. The summed E-state index contributed by atoms with van der Waals surface area (Å²) >= 11 is 0. The van der Waals surface area contributed by atoms with Crippen LogP contribution in [-0.4, -0.2) is 40.0 Å². The van der Waals surface area contributed by atoms with Gasteiger partial charge in [0.15, 0.2) is 5.78 Å². The lowest BCUT2D eigenvalue weighted by Gasteiger charge is -2.63. The number of carbonyl (C=O) groups is 1. The molecule has 1 heterocycles. The van der Waals surface area contributed by atoms with Gasteiger partial charge in [0.2, 0.25) is 0 Å². The second-order valence-electron chi connectivity index (χ2n) is 13.3. The number of aliphatic hydroxyl groups is 1. The average molecular weight is 480 g/mol. The van der Waals surface area contributed by atoms with Crippen LogP contribution in [0.2, 0.25) is 0 Å². The van der Waals surface area contributed by atoms with Gasteiger partial charge in [-0.05, 0) is 111 Å². The molecule has 0 saturated heterocycles. The van der Waals surface area contributed by atoms with Crippen molar-refractivity contribution in [1.82, 2.24) is 9.78 Å². The van der Waals surface area contributed by atoms with Crippen LogP contribution in [0.3, 0.4) is 0 Å². The molecule has 0 radical (unpaired) electrons. The third-order valence-electron chi connectivity index (χ3n) is 11.6. The maximum absolute atomic E-state index is 13.7. The molecule has 0 bridgehead atoms. The lowest BCUT2D eigenvalue weighted by atomic mass is 9.42. The van der Waals surface area contributed by atoms with E-state index < -0.39 is 5.60 Å². The number of ether oxygens (including phenoxy) is 1. The van der Waals surface area contributed by atoms with Crippen molar-refractivity contribution in [3.05, 3.63) is 18.0 Å². The highest BCUT2D eigenvalue weighted by molar-refractivity contribution is 5.83. The molecule has 6 nitrogen and oxygen atoms in total. The standard InChI is InChI=1S/C29H41N3O3/c1-27(34)8-9-29(10-11-35-3)19(13-27)4-5-20-23(29)6-7-28(2)25(20)21-12-22(21)26(28)24(33)17-32-16-18(14-30)15-31-32/h15-16,19-23,25-26,34H,4-13,17H2,1-3H3/t19-,20-,21?,22?,23+,25-,26-,27-,28+,29-/m1/s1. The van der Waals surface area contributed by atoms with Gasteiger partial charge in [0.1, 0.15) is 6.07 Å². The summed E-state index contributed by atoms with van der Waals surface area (Å²) in [7, 11) is 1.82. The lowest BCUT2D eigenvalue weighted by Crippen LogP contribution is -2.58. The molecule has 2 unspecified atom stereocenters. The van der Waals surface area contributed by atoms with E-state index in [2.05, 4.69) is 18.1 Å². The van der Waals surface area contributed by atoms with Crippen LogP contribution in [0.25, 0.3) is 0 Å². The number of methoxy groups -OCH3 is 1. The highest BCUT2D eigenvalue weighted by Crippen LogP contribution is 2.76. The minimum Gasteiger partial charge on any atom is -0.390 e. The Balaban J connectivity index is 1.27. The zero-order valence-corrected chi connectivity index (χ0v) is 21.6. The fourth-order valence-corrected chi connectivity index (χ4v) is 10.4. The second kappa shape index (κ2) is 8.15. The van der Waals surface area contributed by atoms with Crippen molar-refractivity contribution in [2.75, 3.05) is 13.7 Å². The second-order valence-corrected chi connectivity index (χ2v) is 13.3. The van der Waals surface area contributed by atoms with Crippen LogP contribution in [0.1, 0.15) is 77.2 Å². The van der Waals surface area contributed by atoms with E-state index in [0.717, 1.165) is 38.7 Å². The van der Waals surface area contributed by atoms with Gasteiger partial charge >= 0.3 is 0 Å². The Morgan fingerprint density at radius 2 is 2.06 bits per heavy atom. The predicted octanol–water partition coefficient (Wildman–Crippen LogP) is 4.61. The number of ketones is 1. The first-order valence-corrected chi connectivity index (χ1v) is 13.9. The molecule has 5 aliphatic carbocycles. The Hall–Kier alpha value is -1.71. The summed E-state index contributed by atoms with van der Waals surface area (Å²) in [5, 5.41) is 24.3. The van der Waals surface area contributed by atoms with Crippen LogP contribution < -0.4 is 0 Å². The summed E-state index contributed by atoms with van der Waals surface area (Å²) in [6, 6.07) is 2.12. The van der Waals surface area contributed by atoms with Gasteiger partial charge < -0.3 is 9.84 Å². The largest absolute Gasteiger partial charge is 0.390 e. The smallest absolute Gasteiger partial charge is 0.158 e. The van der Waals surface area contributed by atoms with Crippen LogP contribution in [0.4, 0.5) is 0 Å². The van der Waals surface area contributed by atoms with Gasteiger partial charge in [0.25, 0.3) is 0 Å². The number of nitrogens with zero attached hydrogens (tertiary/aromatic N) is 3. The van der Waals surface area contributed by atoms with E-state index in [1.54, 1.807) is 17.1 Å². The van der Waals surface area contributed by atoms with Crippen molar-refractivity contribution >= 4 is 5.78 Å². The van der Waals surface area contributed by atoms with Crippen LogP contribution in [0, 0.1) is 63.6 Å². The summed E-state index contributed by atoms with van der Waals surface area (Å²) in [5.74, 6) is 4.35. The molecular formula is C29H41N3O3. The van der Waals surface area contributed by atoms with Crippen molar-refractivity contribution < 1.29 is 14.6 Å². The first-order chi connectivity index (χ1) is 16.7. The number of hydrogen-bond acceptors (Lipinski definition) is 5. The average Bonchev–Trinajstić information content (AvgIpc) is 3.33. The summed E-state index contributed by atoms with van der Waals surface area (Å²) in [6.45, 7) is 5.58. The number of Topliss-reactive ketones (excluding diaryl/α,β-unsaturated/α-hetero) is 1. The first-order valence-electron chi connectivity index (χ1n) is 13.9. The van der Waals surface area contributed by atoms with Gasteiger partial charge in [-0.25, -0.2) is 0 Å². The van der Waals surface area contributed by atoms with Gasteiger partial charge in [-0.3, -0.25) is 9.48 Å². The van der Waals surface area contributed by atoms with Gasteiger partial charge in [-0.2, -0.15) is 10.4 Å². The Morgan fingerprint density at radius 3 is 2.80 bits per heavy atom. The minimum absolute atomic E-state index is 0.0898. The number of aromatic nitrogens is 2. The molecule has 1 aromatic rings. The van der Waals surface area contributed by atoms with Crippen molar-refractivity contribution in [2.45, 2.75) is 83.8 Å². The quantitative estimate of drug-likeness (QED) is 0.644. The normalized spacial score (nSPS) is 47.7. The topological polar surface area (TPSA) is 88.1 Å². The Bertz CT molecular complexity index is 1040. The van der Waals surface area contributed by atoms with Gasteiger partial charge in [0.05, 0.1) is 23.9 Å². The number of carbonyl (C=O) groups excluding carboxylic acids is 1. The maximum Gasteiger partial charge on any atom is 0.158 e. The molecule has 0 amide bonds. The van der Waals surface area contributed by atoms with Gasteiger partial charge in [-0.15, -0.1) is 0 Å². The molecule has 0 aliphatic heterocycles. The summed E-state index contributed by atoms with van der Waals surface area (Å²) in [6.07, 6.45) is 13.4. The summed E-state index contributed by atoms with van der Waals surface area (Å²) in [4.78, 5) is 13.7. The molecule has 10 atom stereocenters. The van der Waals surface area contributed by atoms with Gasteiger partial charge in [0, 0.05) is 25.8 Å². The number of rotatable bonds is 6. The molecule has 5 aliphatic rings. The van der Waals surface area contributed by atoms with Crippen molar-refractivity contribution in [2.24, 2.45) is 52.3 Å². The first kappa shape index (κ1) is 23.7. The third kappa shape index (κ3) is 3.55. The van der Waals surface area contributed by atoms with E-state index >= 15 is 0 Å². The highest BCUT2D eigenvalue weighted by Gasteiger charge is 2.72. The Labute approximate surface area is 209 Å². The molecule has 35 heavy (non-hydrogen) atoms. The summed E-state index contributed by atoms with van der Waals surface area (Å²) in [5.41, 5.74) is 0.369. The zero-order chi connectivity index (χ0) is 24.6. The highest BCUT2D eigenvalue weighted by atomic mass is 16.5. The molecule has 5 saturated carbocycles. The number of hydrogen-bond donors (Lipinski definition) is 1. The minimum atomic E-state index is -0.526. The van der Waals surface area contributed by atoms with E-state index in [1.165, 1.54) is 25.7 Å². The van der Waals surface area contributed by atoms with Crippen molar-refractivity contribution in [1.29, 1.82) is 5.26 Å². The molecule has 190 valence electrons. The Morgan fingerprint density at radius 1 is 1.23 bits per heavy atom. The van der Waals surface area contributed by atoms with Crippen LogP contribution >= 0.6 is 0 Å². The van der Waals surface area contributed by atoms with Crippen molar-refractivity contribution in [3.8, 4) is 6.07 Å². The SMILES string of the molecule is COCC[C@]12CC[C@@](C)(O)C[C@H]1CC[C@H]1[C@@H]3C4CC4[C@H](C(=O)Cn4cc(C#N)cn4)[C@@]3(C)CC[C@@H]12. The van der Waals surface area contributed by atoms with Crippen molar-refractivity contribution in [3.63, 3.8) is 0 Å². The van der Waals surface area contributed by atoms with Crippen LogP contribution in [0.15, 0.2) is 12.4 Å². The fourth-order valence-electron chi connectivity index (χ4n) is 10.4. The third-order valence-corrected chi connectivity index (χ3v) is 11.6. The molecular weight excluding hydrogens is 438 g/mol. The Kier molecular flexibility index (Phi) is 5.51. The molecule has 6 rings (SSSR count). The van der Waals surface area contributed by atoms with E-state index in [1.807, 2.05) is 14.0 Å². The molecule has 0 aromatic carbocycles. The van der Waals surface area contributed by atoms with E-state index in [0.29, 0.717) is 53.4 Å². The van der Waals surface area contributed by atoms with Gasteiger partial charge in [-0.1, -0.05) is 6.92 Å². The fraction of sp³-hybridized carbons (Fsp3) is 0.828. The monoisotopic (exact) mass is 479 g/mol. The lowest BCUT2D eigenvalue weighted by molar-refractivity contribution is -0.168. The van der Waals surface area contributed by atoms with Crippen LogP contribution in [0.5, 0.6) is 0 Å². The van der Waals surface area contributed by atoms with Crippen LogP contribution in [-0.2, 0) is 16.1 Å². The van der Waals surface area contributed by atoms with E-state index in [4.69, 9.17) is 10.00 Å². The maximum atomic E-state index is 13.7. The molecule has 5 fully saturated rings. The molecule has 1 N–H and O–H groups in total. The van der Waals surface area contributed by atoms with E-state index in [9.17, 15) is 9.90 Å². The number of fused-ring (bicyclic) bond motifs is 7. The molecule has 6 heteroatoms. The summed E-state index contributed by atoms with van der Waals surface area (Å²) < 4.78 is 7.30. The molecule has 1 aromatic heterocycles.